The summed E-state index contributed by atoms with van der Waals surface area (Å²) in [5.74, 6) is 0. The van der Waals surface area contributed by atoms with Crippen LogP contribution in [0.2, 0.25) is 0 Å². The molecular weight excluding hydrogens is 519 g/mol. The molecule has 0 aliphatic heterocycles. The largest absolute Gasteiger partial charge is 0.375 e. The molecule has 5 nitrogen and oxygen atoms in total. The van der Waals surface area contributed by atoms with Crippen LogP contribution in [-0.4, -0.2) is 43.8 Å². The monoisotopic (exact) mass is 556 g/mol. The average Bonchev–Trinajstić information content (AvgIpc) is 3.03. The van der Waals surface area contributed by atoms with Gasteiger partial charge in [0.05, 0.1) is 26.4 Å². The second-order valence-corrected chi connectivity index (χ2v) is 10.2. The van der Waals surface area contributed by atoms with Gasteiger partial charge in [-0.05, 0) is 22.3 Å². The standard InChI is InChI=1S/C35H37FO5/c1-37-31-30(36)32(38-22-26-14-6-2-7-15-26)34(40-24-28-18-10-4-11-19-28)35(41-25-29-20-12-5-13-21-29)33(31)39-23-27-16-8-3-9-17-27/h2-21,30-35H,22-25H2,1H3/t30-,31-,32-,33-,34+,35+/m0/s1. The van der Waals surface area contributed by atoms with Crippen molar-refractivity contribution in [2.45, 2.75) is 63.1 Å². The van der Waals surface area contributed by atoms with Gasteiger partial charge in [-0.25, -0.2) is 4.39 Å². The number of rotatable bonds is 13. The summed E-state index contributed by atoms with van der Waals surface area (Å²) in [6.45, 7) is 1.09. The molecule has 0 unspecified atom stereocenters. The lowest BCUT2D eigenvalue weighted by Crippen LogP contribution is -2.65. The summed E-state index contributed by atoms with van der Waals surface area (Å²) in [5.41, 5.74) is 3.89. The first-order valence-corrected chi connectivity index (χ1v) is 14.0. The van der Waals surface area contributed by atoms with Gasteiger partial charge in [-0.3, -0.25) is 0 Å². The summed E-state index contributed by atoms with van der Waals surface area (Å²) in [5, 5.41) is 0. The molecule has 6 atom stereocenters. The first-order chi connectivity index (χ1) is 20.2. The number of ether oxygens (including phenoxy) is 5. The Kier molecular flexibility index (Phi) is 10.7. The molecule has 0 aromatic heterocycles. The zero-order valence-corrected chi connectivity index (χ0v) is 23.3. The Labute approximate surface area is 241 Å². The molecule has 0 heterocycles. The van der Waals surface area contributed by atoms with E-state index in [9.17, 15) is 0 Å². The summed E-state index contributed by atoms with van der Waals surface area (Å²) in [7, 11) is 1.50. The number of alkyl halides is 1. The van der Waals surface area contributed by atoms with Crippen molar-refractivity contribution in [2.75, 3.05) is 7.11 Å². The predicted molar refractivity (Wildman–Crippen MR) is 156 cm³/mol. The molecule has 1 saturated carbocycles. The quantitative estimate of drug-likeness (QED) is 0.184. The summed E-state index contributed by atoms with van der Waals surface area (Å²) in [4.78, 5) is 0. The van der Waals surface area contributed by atoms with Gasteiger partial charge < -0.3 is 23.7 Å². The smallest absolute Gasteiger partial charge is 0.157 e. The molecule has 0 N–H and O–H groups in total. The summed E-state index contributed by atoms with van der Waals surface area (Å²) in [6, 6.07) is 39.3. The molecule has 0 amide bonds. The maximum absolute atomic E-state index is 16.4. The van der Waals surface area contributed by atoms with Gasteiger partial charge in [0.25, 0.3) is 0 Å². The van der Waals surface area contributed by atoms with E-state index in [1.54, 1.807) is 0 Å². The average molecular weight is 557 g/mol. The third-order valence-electron chi connectivity index (χ3n) is 7.34. The fourth-order valence-electron chi connectivity index (χ4n) is 5.20. The lowest BCUT2D eigenvalue weighted by atomic mass is 9.84. The highest BCUT2D eigenvalue weighted by Crippen LogP contribution is 2.35. The Bertz CT molecular complexity index is 1280. The van der Waals surface area contributed by atoms with E-state index in [0.717, 1.165) is 22.3 Å². The van der Waals surface area contributed by atoms with Crippen molar-refractivity contribution in [1.29, 1.82) is 0 Å². The first-order valence-electron chi connectivity index (χ1n) is 14.0. The van der Waals surface area contributed by atoms with Crippen LogP contribution in [0, 0.1) is 0 Å². The van der Waals surface area contributed by atoms with Gasteiger partial charge in [-0.1, -0.05) is 121 Å². The maximum atomic E-state index is 16.4. The van der Waals surface area contributed by atoms with Crippen molar-refractivity contribution < 1.29 is 28.1 Å². The second-order valence-electron chi connectivity index (χ2n) is 10.2. The fourth-order valence-corrected chi connectivity index (χ4v) is 5.20. The van der Waals surface area contributed by atoms with Crippen LogP contribution < -0.4 is 0 Å². The van der Waals surface area contributed by atoms with E-state index in [-0.39, 0.29) is 19.8 Å². The second kappa shape index (κ2) is 15.0. The first kappa shape index (κ1) is 29.1. The molecule has 0 spiro atoms. The lowest BCUT2D eigenvalue weighted by molar-refractivity contribution is -0.266. The van der Waals surface area contributed by atoms with E-state index in [1.807, 2.05) is 121 Å². The summed E-state index contributed by atoms with van der Waals surface area (Å²) < 4.78 is 48.0. The van der Waals surface area contributed by atoms with E-state index in [0.29, 0.717) is 6.61 Å². The highest BCUT2D eigenvalue weighted by Gasteiger charge is 2.54. The van der Waals surface area contributed by atoms with Crippen molar-refractivity contribution in [3.8, 4) is 0 Å². The van der Waals surface area contributed by atoms with Crippen LogP contribution in [0.4, 0.5) is 4.39 Å². The van der Waals surface area contributed by atoms with E-state index >= 15 is 4.39 Å². The molecular formula is C35H37FO5. The maximum Gasteiger partial charge on any atom is 0.157 e. The minimum Gasteiger partial charge on any atom is -0.375 e. The third-order valence-corrected chi connectivity index (χ3v) is 7.34. The van der Waals surface area contributed by atoms with Gasteiger partial charge in [-0.15, -0.1) is 0 Å². The van der Waals surface area contributed by atoms with Crippen LogP contribution in [0.15, 0.2) is 121 Å². The molecule has 5 rings (SSSR count). The van der Waals surface area contributed by atoms with Gasteiger partial charge in [0, 0.05) is 7.11 Å². The van der Waals surface area contributed by atoms with Crippen molar-refractivity contribution >= 4 is 0 Å². The summed E-state index contributed by atoms with van der Waals surface area (Å²) in [6.07, 6.45) is -5.54. The molecule has 0 saturated heterocycles. The fraction of sp³-hybridized carbons (Fsp3) is 0.314. The molecule has 6 heteroatoms. The number of methoxy groups -OCH3 is 1. The minimum absolute atomic E-state index is 0.231. The van der Waals surface area contributed by atoms with Crippen molar-refractivity contribution in [2.24, 2.45) is 0 Å². The van der Waals surface area contributed by atoms with Gasteiger partial charge >= 0.3 is 0 Å². The summed E-state index contributed by atoms with van der Waals surface area (Å²) >= 11 is 0. The van der Waals surface area contributed by atoms with Gasteiger partial charge in [0.15, 0.2) is 6.17 Å². The van der Waals surface area contributed by atoms with Crippen LogP contribution in [0.1, 0.15) is 22.3 Å². The molecule has 214 valence electrons. The third kappa shape index (κ3) is 7.88. The Hall–Kier alpha value is -3.39. The van der Waals surface area contributed by atoms with E-state index in [2.05, 4.69) is 0 Å². The van der Waals surface area contributed by atoms with Crippen LogP contribution in [0.5, 0.6) is 0 Å². The molecule has 0 bridgehead atoms. The molecule has 1 fully saturated rings. The highest BCUT2D eigenvalue weighted by molar-refractivity contribution is 5.17. The van der Waals surface area contributed by atoms with Gasteiger partial charge in [-0.2, -0.15) is 0 Å². The minimum atomic E-state index is -1.51. The Morgan fingerprint density at radius 1 is 0.415 bits per heavy atom. The van der Waals surface area contributed by atoms with E-state index < -0.39 is 36.7 Å². The molecule has 4 aromatic rings. The van der Waals surface area contributed by atoms with Crippen LogP contribution in [0.25, 0.3) is 0 Å². The zero-order valence-electron chi connectivity index (χ0n) is 23.3. The predicted octanol–water partition coefficient (Wildman–Crippen LogP) is 6.69. The van der Waals surface area contributed by atoms with E-state index in [1.165, 1.54) is 7.11 Å². The Morgan fingerprint density at radius 2 is 0.683 bits per heavy atom. The van der Waals surface area contributed by atoms with Crippen molar-refractivity contribution in [1.82, 2.24) is 0 Å². The van der Waals surface area contributed by atoms with Crippen LogP contribution >= 0.6 is 0 Å². The number of benzene rings is 4. The van der Waals surface area contributed by atoms with Gasteiger partial charge in [0.2, 0.25) is 0 Å². The van der Waals surface area contributed by atoms with Gasteiger partial charge in [0.1, 0.15) is 30.5 Å². The molecule has 1 aliphatic rings. The molecule has 0 radical (unpaired) electrons. The Balaban J connectivity index is 1.45. The molecule has 4 aromatic carbocycles. The number of hydrogen-bond donors (Lipinski definition) is 0. The number of hydrogen-bond acceptors (Lipinski definition) is 5. The number of halogens is 1. The van der Waals surface area contributed by atoms with E-state index in [4.69, 9.17) is 23.7 Å². The Morgan fingerprint density at radius 3 is 1.00 bits per heavy atom. The van der Waals surface area contributed by atoms with Crippen LogP contribution in [0.3, 0.4) is 0 Å². The zero-order chi connectivity index (χ0) is 28.3. The topological polar surface area (TPSA) is 46.2 Å². The highest BCUT2D eigenvalue weighted by atomic mass is 19.1. The SMILES string of the molecule is CO[C@H]1[C@H](F)[C@H](OCc2ccccc2)[C@@H](OCc2ccccc2)[C@H](OCc2ccccc2)[C@H]1OCc1ccccc1. The van der Waals surface area contributed by atoms with Crippen LogP contribution in [-0.2, 0) is 50.1 Å². The normalized spacial score (nSPS) is 24.2. The molecule has 1 aliphatic carbocycles. The lowest BCUT2D eigenvalue weighted by Gasteiger charge is -2.47. The van der Waals surface area contributed by atoms with Crippen molar-refractivity contribution in [3.63, 3.8) is 0 Å². The van der Waals surface area contributed by atoms with Crippen molar-refractivity contribution in [3.05, 3.63) is 144 Å². The molecule has 41 heavy (non-hydrogen) atoms.